The number of rotatable bonds is 5. The van der Waals surface area contributed by atoms with E-state index in [1.807, 2.05) is 43.3 Å². The Morgan fingerprint density at radius 2 is 1.67 bits per heavy atom. The quantitative estimate of drug-likeness (QED) is 0.687. The summed E-state index contributed by atoms with van der Waals surface area (Å²) < 4.78 is 19.1. The topological polar surface area (TPSA) is 29.5 Å². The number of phenols is 1. The minimum absolute atomic E-state index is 0.214. The first-order valence-electron chi connectivity index (χ1n) is 7.96. The lowest BCUT2D eigenvalue weighted by atomic mass is 10.00. The van der Waals surface area contributed by atoms with Gasteiger partial charge in [-0.1, -0.05) is 49.4 Å². The van der Waals surface area contributed by atoms with E-state index in [4.69, 9.17) is 4.74 Å². The van der Waals surface area contributed by atoms with Crippen molar-refractivity contribution in [1.29, 1.82) is 0 Å². The predicted octanol–water partition coefficient (Wildman–Crippen LogP) is 5.34. The summed E-state index contributed by atoms with van der Waals surface area (Å²) in [6.45, 7) is 2.38. The maximum atomic E-state index is 13.2. The fourth-order valence-corrected chi connectivity index (χ4v) is 2.61. The normalized spacial score (nSPS) is 10.6. The molecule has 0 aromatic heterocycles. The summed E-state index contributed by atoms with van der Waals surface area (Å²) in [7, 11) is 0. The summed E-state index contributed by atoms with van der Waals surface area (Å²) >= 11 is 0. The summed E-state index contributed by atoms with van der Waals surface area (Å²) in [5.41, 5.74) is 3.58. The van der Waals surface area contributed by atoms with Crippen LogP contribution in [0.3, 0.4) is 0 Å². The van der Waals surface area contributed by atoms with E-state index in [1.54, 1.807) is 18.2 Å². The van der Waals surface area contributed by atoms with Crippen LogP contribution in [0.25, 0.3) is 11.1 Å². The van der Waals surface area contributed by atoms with E-state index in [9.17, 15) is 9.50 Å². The monoisotopic (exact) mass is 322 g/mol. The predicted molar refractivity (Wildman–Crippen MR) is 93.7 cm³/mol. The molecule has 0 saturated carbocycles. The lowest BCUT2D eigenvalue weighted by Crippen LogP contribution is -1.98. The summed E-state index contributed by atoms with van der Waals surface area (Å²) in [4.78, 5) is 0. The lowest BCUT2D eigenvalue weighted by molar-refractivity contribution is 0.305. The molecule has 0 unspecified atom stereocenters. The molecule has 24 heavy (non-hydrogen) atoms. The third-order valence-corrected chi connectivity index (χ3v) is 3.95. The summed E-state index contributed by atoms with van der Waals surface area (Å²) in [5.74, 6) is 0.520. The third-order valence-electron chi connectivity index (χ3n) is 3.95. The smallest absolute Gasteiger partial charge is 0.131 e. The highest BCUT2D eigenvalue weighted by atomic mass is 19.1. The Bertz CT molecular complexity index is 811. The van der Waals surface area contributed by atoms with Gasteiger partial charge in [-0.05, 0) is 41.3 Å². The van der Waals surface area contributed by atoms with E-state index in [1.165, 1.54) is 12.1 Å². The molecule has 0 amide bonds. The number of benzene rings is 3. The molecule has 3 heteroatoms. The van der Waals surface area contributed by atoms with E-state index < -0.39 is 0 Å². The molecule has 0 heterocycles. The van der Waals surface area contributed by atoms with Crippen molar-refractivity contribution in [3.8, 4) is 22.6 Å². The molecule has 2 nitrogen and oxygen atoms in total. The van der Waals surface area contributed by atoms with Gasteiger partial charge in [0.2, 0.25) is 0 Å². The number of phenolic OH excluding ortho intramolecular Hbond substituents is 1. The maximum absolute atomic E-state index is 13.2. The summed E-state index contributed by atoms with van der Waals surface area (Å²) in [5, 5.41) is 10.2. The first-order chi connectivity index (χ1) is 11.7. The molecular weight excluding hydrogens is 303 g/mol. The number of hydrogen-bond acceptors (Lipinski definition) is 2. The second-order valence-corrected chi connectivity index (χ2v) is 5.61. The van der Waals surface area contributed by atoms with Gasteiger partial charge in [-0.25, -0.2) is 4.39 Å². The van der Waals surface area contributed by atoms with Gasteiger partial charge < -0.3 is 9.84 Å². The Morgan fingerprint density at radius 3 is 2.33 bits per heavy atom. The molecule has 3 rings (SSSR count). The highest BCUT2D eigenvalue weighted by Crippen LogP contribution is 2.36. The van der Waals surface area contributed by atoms with Gasteiger partial charge >= 0.3 is 0 Å². The maximum Gasteiger partial charge on any atom is 0.131 e. The van der Waals surface area contributed by atoms with E-state index in [-0.39, 0.29) is 11.6 Å². The highest BCUT2D eigenvalue weighted by molar-refractivity contribution is 5.73. The van der Waals surface area contributed by atoms with Crippen molar-refractivity contribution < 1.29 is 14.2 Å². The van der Waals surface area contributed by atoms with Crippen LogP contribution in [0.4, 0.5) is 4.39 Å². The van der Waals surface area contributed by atoms with Crippen LogP contribution >= 0.6 is 0 Å². The van der Waals surface area contributed by atoms with Gasteiger partial charge in [0.25, 0.3) is 0 Å². The van der Waals surface area contributed by atoms with Crippen molar-refractivity contribution >= 4 is 0 Å². The molecule has 0 aliphatic heterocycles. The van der Waals surface area contributed by atoms with Crippen LogP contribution in [0.2, 0.25) is 0 Å². The zero-order valence-electron chi connectivity index (χ0n) is 13.5. The largest absolute Gasteiger partial charge is 0.508 e. The van der Waals surface area contributed by atoms with Crippen molar-refractivity contribution in [2.75, 3.05) is 0 Å². The highest BCUT2D eigenvalue weighted by Gasteiger charge is 2.12. The molecule has 1 N–H and O–H groups in total. The number of halogens is 1. The van der Waals surface area contributed by atoms with Crippen molar-refractivity contribution in [2.45, 2.75) is 20.0 Å². The van der Waals surface area contributed by atoms with Crippen molar-refractivity contribution in [3.05, 3.63) is 83.7 Å². The molecule has 0 bridgehead atoms. The third kappa shape index (κ3) is 3.57. The molecule has 3 aromatic carbocycles. The Balaban J connectivity index is 1.97. The fraction of sp³-hybridized carbons (Fsp3) is 0.143. The molecule has 0 aliphatic carbocycles. The van der Waals surface area contributed by atoms with Crippen LogP contribution in [0.15, 0.2) is 66.7 Å². The zero-order chi connectivity index (χ0) is 16.9. The molecular formula is C21H19FO2. The van der Waals surface area contributed by atoms with Crippen molar-refractivity contribution in [2.24, 2.45) is 0 Å². The standard InChI is InChI=1S/C21H19FO2/c1-2-16-12-19(17-8-10-18(22)11-9-17)21(13-20(16)23)24-14-15-6-4-3-5-7-15/h3-13,23H,2,14H2,1H3. The number of hydrogen-bond donors (Lipinski definition) is 1. The molecule has 3 aromatic rings. The van der Waals surface area contributed by atoms with Gasteiger partial charge in [0.1, 0.15) is 23.9 Å². The Labute approximate surface area is 141 Å². The average Bonchev–Trinajstić information content (AvgIpc) is 2.62. The van der Waals surface area contributed by atoms with Crippen LogP contribution in [0, 0.1) is 5.82 Å². The molecule has 0 aliphatic rings. The molecule has 0 radical (unpaired) electrons. The first kappa shape index (κ1) is 16.1. The number of aromatic hydroxyl groups is 1. The van der Waals surface area contributed by atoms with E-state index >= 15 is 0 Å². The van der Waals surface area contributed by atoms with E-state index in [0.717, 1.165) is 22.3 Å². The average molecular weight is 322 g/mol. The summed E-state index contributed by atoms with van der Waals surface area (Å²) in [6.07, 6.45) is 0.707. The van der Waals surface area contributed by atoms with Crippen LogP contribution in [-0.4, -0.2) is 5.11 Å². The van der Waals surface area contributed by atoms with Crippen molar-refractivity contribution in [1.82, 2.24) is 0 Å². The minimum atomic E-state index is -0.278. The van der Waals surface area contributed by atoms with E-state index in [0.29, 0.717) is 18.8 Å². The van der Waals surface area contributed by atoms with Crippen LogP contribution < -0.4 is 4.74 Å². The van der Waals surface area contributed by atoms with Gasteiger partial charge in [0.15, 0.2) is 0 Å². The lowest BCUT2D eigenvalue weighted by Gasteiger charge is -2.15. The molecule has 0 fully saturated rings. The van der Waals surface area contributed by atoms with E-state index in [2.05, 4.69) is 0 Å². The van der Waals surface area contributed by atoms with Gasteiger partial charge in [-0.2, -0.15) is 0 Å². The van der Waals surface area contributed by atoms with Crippen LogP contribution in [0.5, 0.6) is 11.5 Å². The second-order valence-electron chi connectivity index (χ2n) is 5.61. The molecule has 122 valence electrons. The van der Waals surface area contributed by atoms with Crippen LogP contribution in [-0.2, 0) is 13.0 Å². The minimum Gasteiger partial charge on any atom is -0.508 e. The first-order valence-corrected chi connectivity index (χ1v) is 7.96. The zero-order valence-corrected chi connectivity index (χ0v) is 13.5. The summed E-state index contributed by atoms with van der Waals surface area (Å²) in [6, 6.07) is 19.7. The van der Waals surface area contributed by atoms with Gasteiger partial charge in [-0.3, -0.25) is 0 Å². The number of ether oxygens (including phenoxy) is 1. The second kappa shape index (κ2) is 7.18. The Morgan fingerprint density at radius 1 is 0.958 bits per heavy atom. The van der Waals surface area contributed by atoms with Gasteiger partial charge in [0, 0.05) is 11.6 Å². The molecule has 0 atom stereocenters. The SMILES string of the molecule is CCc1cc(-c2ccc(F)cc2)c(OCc2ccccc2)cc1O. The van der Waals surface area contributed by atoms with Gasteiger partial charge in [0.05, 0.1) is 0 Å². The van der Waals surface area contributed by atoms with Crippen LogP contribution in [0.1, 0.15) is 18.1 Å². The fourth-order valence-electron chi connectivity index (χ4n) is 2.61. The Kier molecular flexibility index (Phi) is 4.80. The molecule has 0 saturated heterocycles. The number of aryl methyl sites for hydroxylation is 1. The van der Waals surface area contributed by atoms with Gasteiger partial charge in [-0.15, -0.1) is 0 Å². The Hall–Kier alpha value is -2.81. The molecule has 0 spiro atoms. The van der Waals surface area contributed by atoms with Crippen molar-refractivity contribution in [3.63, 3.8) is 0 Å².